The van der Waals surface area contributed by atoms with Gasteiger partial charge in [0.1, 0.15) is 5.82 Å². The normalized spacial score (nSPS) is 21.4. The second-order valence-corrected chi connectivity index (χ2v) is 9.10. The maximum atomic E-state index is 6.18. The summed E-state index contributed by atoms with van der Waals surface area (Å²) in [5.41, 5.74) is 1.50. The highest BCUT2D eigenvalue weighted by molar-refractivity contribution is 6.35. The van der Waals surface area contributed by atoms with Crippen molar-refractivity contribution in [3.63, 3.8) is 0 Å². The summed E-state index contributed by atoms with van der Waals surface area (Å²) in [5, 5.41) is 14.5. The van der Waals surface area contributed by atoms with E-state index in [-0.39, 0.29) is 0 Å². The van der Waals surface area contributed by atoms with E-state index < -0.39 is 0 Å². The van der Waals surface area contributed by atoms with Gasteiger partial charge in [0.15, 0.2) is 11.5 Å². The number of piperazine rings is 1. The van der Waals surface area contributed by atoms with Crippen LogP contribution < -0.4 is 4.90 Å². The van der Waals surface area contributed by atoms with E-state index in [0.29, 0.717) is 27.6 Å². The topological polar surface area (TPSA) is 52.8 Å². The van der Waals surface area contributed by atoms with E-state index in [1.165, 1.54) is 25.9 Å². The van der Waals surface area contributed by atoms with Gasteiger partial charge >= 0.3 is 0 Å². The maximum absolute atomic E-state index is 6.18. The molecule has 30 heavy (non-hydrogen) atoms. The zero-order valence-electron chi connectivity index (χ0n) is 17.0. The van der Waals surface area contributed by atoms with Gasteiger partial charge in [0.05, 0.1) is 0 Å². The zero-order valence-corrected chi connectivity index (χ0v) is 18.5. The molecule has 2 aliphatic heterocycles. The lowest BCUT2D eigenvalue weighted by atomic mass is 10.0. The fraction of sp³-hybridized carbons (Fsp3) is 0.476. The zero-order chi connectivity index (χ0) is 20.7. The predicted molar refractivity (Wildman–Crippen MR) is 121 cm³/mol. The van der Waals surface area contributed by atoms with Crippen LogP contribution in [0.5, 0.6) is 0 Å². The minimum atomic E-state index is 0.565. The van der Waals surface area contributed by atoms with Crippen LogP contribution in [0.15, 0.2) is 30.3 Å². The standard InChI is InChI=1S/C21H25Cl2N7/c1-27-6-2-3-18(14-27)28-7-9-29(10-8-28)20-5-4-19-24-25-21(30(19)26-20)15-11-16(22)13-17(23)12-15/h4-5,11-13,18H,2-3,6-10,14H2,1H3. The fourth-order valence-corrected chi connectivity index (χ4v) is 5.09. The van der Waals surface area contributed by atoms with Crippen molar-refractivity contribution in [2.24, 2.45) is 0 Å². The van der Waals surface area contributed by atoms with Crippen LogP contribution in [-0.4, -0.2) is 82.0 Å². The molecule has 0 N–H and O–H groups in total. The largest absolute Gasteiger partial charge is 0.353 e. The SMILES string of the molecule is CN1CCCC(N2CCN(c3ccc4nnc(-c5cc(Cl)cc(Cl)c5)n4n3)CC2)C1. The Morgan fingerprint density at radius 2 is 1.70 bits per heavy atom. The van der Waals surface area contributed by atoms with Crippen molar-refractivity contribution in [3.8, 4) is 11.4 Å². The van der Waals surface area contributed by atoms with Crippen LogP contribution in [0.25, 0.3) is 17.0 Å². The lowest BCUT2D eigenvalue weighted by Crippen LogP contribution is -2.54. The number of anilines is 1. The summed E-state index contributed by atoms with van der Waals surface area (Å²) in [6.07, 6.45) is 2.60. The molecule has 0 bridgehead atoms. The molecule has 2 fully saturated rings. The second-order valence-electron chi connectivity index (χ2n) is 8.22. The smallest absolute Gasteiger partial charge is 0.185 e. The number of benzene rings is 1. The Labute approximate surface area is 186 Å². The average Bonchev–Trinajstić information content (AvgIpc) is 3.16. The van der Waals surface area contributed by atoms with Gasteiger partial charge in [-0.15, -0.1) is 15.3 Å². The molecule has 2 aromatic heterocycles. The Kier molecular flexibility index (Phi) is 5.54. The summed E-state index contributed by atoms with van der Waals surface area (Å²) in [5.74, 6) is 1.58. The molecule has 0 aliphatic carbocycles. The van der Waals surface area contributed by atoms with Crippen LogP contribution in [0, 0.1) is 0 Å². The molecule has 1 unspecified atom stereocenters. The third-order valence-corrected chi connectivity index (χ3v) is 6.56. The van der Waals surface area contributed by atoms with E-state index in [1.807, 2.05) is 24.3 Å². The van der Waals surface area contributed by atoms with Crippen LogP contribution in [0.1, 0.15) is 12.8 Å². The summed E-state index contributed by atoms with van der Waals surface area (Å²) in [6.45, 7) is 6.47. The predicted octanol–water partition coefficient (Wildman–Crippen LogP) is 3.31. The Morgan fingerprint density at radius 3 is 2.43 bits per heavy atom. The molecule has 0 amide bonds. The van der Waals surface area contributed by atoms with E-state index >= 15 is 0 Å². The van der Waals surface area contributed by atoms with E-state index in [1.54, 1.807) is 10.6 Å². The Hall–Kier alpha value is -1.93. The van der Waals surface area contributed by atoms with Crippen LogP contribution in [0.3, 0.4) is 0 Å². The minimum Gasteiger partial charge on any atom is -0.353 e. The van der Waals surface area contributed by atoms with Crippen molar-refractivity contribution in [1.82, 2.24) is 29.6 Å². The van der Waals surface area contributed by atoms with Gasteiger partial charge in [-0.3, -0.25) is 4.90 Å². The van der Waals surface area contributed by atoms with Gasteiger partial charge < -0.3 is 9.80 Å². The van der Waals surface area contributed by atoms with Gasteiger partial charge in [-0.2, -0.15) is 4.52 Å². The summed E-state index contributed by atoms with van der Waals surface area (Å²) in [6, 6.07) is 10.0. The number of hydrogen-bond acceptors (Lipinski definition) is 6. The van der Waals surface area contributed by atoms with Crippen molar-refractivity contribution in [2.45, 2.75) is 18.9 Å². The Bertz CT molecular complexity index is 1020. The second kappa shape index (κ2) is 8.30. The number of halogens is 2. The molecule has 0 radical (unpaired) electrons. The summed E-state index contributed by atoms with van der Waals surface area (Å²) in [7, 11) is 2.23. The maximum Gasteiger partial charge on any atom is 0.185 e. The molecule has 2 aliphatic rings. The molecule has 0 saturated carbocycles. The molecular formula is C21H25Cl2N7. The van der Waals surface area contributed by atoms with E-state index in [4.69, 9.17) is 28.3 Å². The lowest BCUT2D eigenvalue weighted by Gasteiger charge is -2.42. The molecule has 0 spiro atoms. The van der Waals surface area contributed by atoms with E-state index in [2.05, 4.69) is 31.9 Å². The molecule has 4 heterocycles. The van der Waals surface area contributed by atoms with E-state index in [0.717, 1.165) is 37.6 Å². The molecule has 7 nitrogen and oxygen atoms in total. The van der Waals surface area contributed by atoms with Gasteiger partial charge in [-0.05, 0) is 56.8 Å². The average molecular weight is 446 g/mol. The van der Waals surface area contributed by atoms with Crippen molar-refractivity contribution in [1.29, 1.82) is 0 Å². The van der Waals surface area contributed by atoms with Gasteiger partial charge in [0.2, 0.25) is 0 Å². The third-order valence-electron chi connectivity index (χ3n) is 6.12. The molecule has 2 saturated heterocycles. The fourth-order valence-electron chi connectivity index (χ4n) is 4.56. The highest BCUT2D eigenvalue weighted by Crippen LogP contribution is 2.27. The van der Waals surface area contributed by atoms with Crippen molar-refractivity contribution in [2.75, 3.05) is 51.2 Å². The number of likely N-dealkylation sites (tertiary alicyclic amines) is 1. The quantitative estimate of drug-likeness (QED) is 0.616. The number of piperidine rings is 1. The van der Waals surface area contributed by atoms with Gasteiger partial charge in [-0.1, -0.05) is 23.2 Å². The molecule has 1 atom stereocenters. The van der Waals surface area contributed by atoms with Gasteiger partial charge in [0, 0.05) is 54.4 Å². The highest BCUT2D eigenvalue weighted by Gasteiger charge is 2.27. The van der Waals surface area contributed by atoms with Gasteiger partial charge in [0.25, 0.3) is 0 Å². The minimum absolute atomic E-state index is 0.565. The Morgan fingerprint density at radius 1 is 0.933 bits per heavy atom. The summed E-state index contributed by atoms with van der Waals surface area (Å²) >= 11 is 12.4. The highest BCUT2D eigenvalue weighted by atomic mass is 35.5. The first-order valence-electron chi connectivity index (χ1n) is 10.4. The van der Waals surface area contributed by atoms with Crippen LogP contribution in [0.2, 0.25) is 10.0 Å². The number of aromatic nitrogens is 4. The first kappa shape index (κ1) is 20.0. The number of rotatable bonds is 3. The monoisotopic (exact) mass is 445 g/mol. The first-order chi connectivity index (χ1) is 14.6. The van der Waals surface area contributed by atoms with Crippen molar-refractivity contribution in [3.05, 3.63) is 40.4 Å². The number of nitrogens with zero attached hydrogens (tertiary/aromatic N) is 7. The summed E-state index contributed by atoms with van der Waals surface area (Å²) < 4.78 is 1.78. The summed E-state index contributed by atoms with van der Waals surface area (Å²) in [4.78, 5) is 7.44. The van der Waals surface area contributed by atoms with Crippen molar-refractivity contribution >= 4 is 34.7 Å². The first-order valence-corrected chi connectivity index (χ1v) is 11.2. The number of hydrogen-bond donors (Lipinski definition) is 0. The van der Waals surface area contributed by atoms with Gasteiger partial charge in [-0.25, -0.2) is 0 Å². The van der Waals surface area contributed by atoms with E-state index in [9.17, 15) is 0 Å². The van der Waals surface area contributed by atoms with Crippen molar-refractivity contribution < 1.29 is 0 Å². The number of fused-ring (bicyclic) bond motifs is 1. The van der Waals surface area contributed by atoms with Crippen LogP contribution in [-0.2, 0) is 0 Å². The molecule has 9 heteroatoms. The molecule has 5 rings (SSSR count). The lowest BCUT2D eigenvalue weighted by molar-refractivity contribution is 0.106. The molecule has 1 aromatic carbocycles. The van der Waals surface area contributed by atoms with Crippen LogP contribution >= 0.6 is 23.2 Å². The van der Waals surface area contributed by atoms with Crippen LogP contribution in [0.4, 0.5) is 5.82 Å². The molecule has 3 aromatic rings. The molecule has 158 valence electrons. The Balaban J connectivity index is 1.36. The third kappa shape index (κ3) is 3.99. The molecular weight excluding hydrogens is 421 g/mol. The number of likely N-dealkylation sites (N-methyl/N-ethyl adjacent to an activating group) is 1.